The van der Waals surface area contributed by atoms with Gasteiger partial charge in [-0.3, -0.25) is 0 Å². The summed E-state index contributed by atoms with van der Waals surface area (Å²) in [6, 6.07) is 9.56. The van der Waals surface area contributed by atoms with Gasteiger partial charge in [0, 0.05) is 0 Å². The lowest BCUT2D eigenvalue weighted by atomic mass is 9.69. The summed E-state index contributed by atoms with van der Waals surface area (Å²) in [4.78, 5) is 0. The third-order valence-corrected chi connectivity index (χ3v) is 7.48. The predicted molar refractivity (Wildman–Crippen MR) is 120 cm³/mol. The molecule has 2 aliphatic carbocycles. The Morgan fingerprint density at radius 1 is 0.815 bits per heavy atom. The molecule has 27 heavy (non-hydrogen) atoms. The van der Waals surface area contributed by atoms with Crippen LogP contribution in [0.3, 0.4) is 0 Å². The van der Waals surface area contributed by atoms with Crippen molar-refractivity contribution in [3.63, 3.8) is 0 Å². The predicted octanol–water partition coefficient (Wildman–Crippen LogP) is 8.60. The second-order valence-electron chi connectivity index (χ2n) is 9.49. The van der Waals surface area contributed by atoms with Gasteiger partial charge < -0.3 is 0 Å². The van der Waals surface area contributed by atoms with E-state index in [1.165, 1.54) is 94.6 Å². The number of unbranched alkanes of at least 4 members (excludes halogenated alkanes) is 2. The fourth-order valence-corrected chi connectivity index (χ4v) is 5.76. The summed E-state index contributed by atoms with van der Waals surface area (Å²) in [6.45, 7) is 7.05. The standard InChI is InChI=1S/C27H42/c1-4-6-7-9-23-12-16-25(17-13-23)27-19-18-26(20-21(27)3)24-14-10-22(8-5-2)11-15-24/h12-13,16-17,22,24,26H,4-11,14-15,18-20H2,1-3H3. The second kappa shape index (κ2) is 10.5. The molecule has 1 unspecified atom stereocenters. The van der Waals surface area contributed by atoms with Crippen LogP contribution in [0.1, 0.15) is 109 Å². The van der Waals surface area contributed by atoms with Gasteiger partial charge in [0.05, 0.1) is 0 Å². The second-order valence-corrected chi connectivity index (χ2v) is 9.49. The molecule has 1 aromatic carbocycles. The molecule has 0 amide bonds. The topological polar surface area (TPSA) is 0 Å². The molecule has 3 rings (SSSR count). The molecular formula is C27H42. The van der Waals surface area contributed by atoms with E-state index in [0.29, 0.717) is 0 Å². The molecule has 0 bridgehead atoms. The number of benzene rings is 1. The van der Waals surface area contributed by atoms with Gasteiger partial charge in [0.15, 0.2) is 0 Å². The molecule has 0 heteroatoms. The number of hydrogen-bond donors (Lipinski definition) is 0. The Bertz CT molecular complexity index is 583. The molecule has 0 radical (unpaired) electrons. The molecule has 1 aromatic rings. The van der Waals surface area contributed by atoms with Crippen LogP contribution in [0.15, 0.2) is 29.8 Å². The summed E-state index contributed by atoms with van der Waals surface area (Å²) in [5.74, 6) is 3.01. The van der Waals surface area contributed by atoms with E-state index in [1.54, 1.807) is 11.1 Å². The minimum Gasteiger partial charge on any atom is -0.0692 e. The molecule has 0 nitrogen and oxygen atoms in total. The minimum absolute atomic E-state index is 0.963. The van der Waals surface area contributed by atoms with Crippen molar-refractivity contribution < 1.29 is 0 Å². The van der Waals surface area contributed by atoms with Crippen molar-refractivity contribution in [2.24, 2.45) is 17.8 Å². The lowest BCUT2D eigenvalue weighted by molar-refractivity contribution is 0.186. The first-order chi connectivity index (χ1) is 13.2. The first-order valence-electron chi connectivity index (χ1n) is 12.0. The minimum atomic E-state index is 0.963. The van der Waals surface area contributed by atoms with Gasteiger partial charge in [-0.1, -0.05) is 82.2 Å². The maximum absolute atomic E-state index is 2.42. The Labute approximate surface area is 168 Å². The fourth-order valence-electron chi connectivity index (χ4n) is 5.76. The average Bonchev–Trinajstić information content (AvgIpc) is 2.70. The van der Waals surface area contributed by atoms with E-state index in [-0.39, 0.29) is 0 Å². The van der Waals surface area contributed by atoms with E-state index in [2.05, 4.69) is 45.0 Å². The molecular weight excluding hydrogens is 324 g/mol. The lowest BCUT2D eigenvalue weighted by Gasteiger charge is -2.37. The van der Waals surface area contributed by atoms with Gasteiger partial charge >= 0.3 is 0 Å². The van der Waals surface area contributed by atoms with Crippen LogP contribution < -0.4 is 0 Å². The van der Waals surface area contributed by atoms with Gasteiger partial charge in [0.25, 0.3) is 0 Å². The number of allylic oxidation sites excluding steroid dienone is 2. The Kier molecular flexibility index (Phi) is 8.04. The Morgan fingerprint density at radius 3 is 2.19 bits per heavy atom. The highest BCUT2D eigenvalue weighted by Gasteiger charge is 2.30. The Morgan fingerprint density at radius 2 is 1.56 bits per heavy atom. The van der Waals surface area contributed by atoms with Gasteiger partial charge in [0.1, 0.15) is 0 Å². The summed E-state index contributed by atoms with van der Waals surface area (Å²) < 4.78 is 0. The van der Waals surface area contributed by atoms with Gasteiger partial charge in [-0.05, 0) is 86.3 Å². The van der Waals surface area contributed by atoms with Crippen LogP contribution in [0.25, 0.3) is 5.57 Å². The third kappa shape index (κ3) is 5.72. The molecule has 150 valence electrons. The highest BCUT2D eigenvalue weighted by molar-refractivity contribution is 5.69. The van der Waals surface area contributed by atoms with Crippen LogP contribution in [0.4, 0.5) is 0 Å². The highest BCUT2D eigenvalue weighted by atomic mass is 14.3. The number of rotatable bonds is 8. The van der Waals surface area contributed by atoms with E-state index in [4.69, 9.17) is 0 Å². The zero-order valence-electron chi connectivity index (χ0n) is 18.2. The van der Waals surface area contributed by atoms with Gasteiger partial charge in [-0.2, -0.15) is 0 Å². The molecule has 0 aliphatic heterocycles. The largest absolute Gasteiger partial charge is 0.0692 e. The smallest absolute Gasteiger partial charge is 0.0225 e. The summed E-state index contributed by atoms with van der Waals surface area (Å²) >= 11 is 0. The molecule has 1 saturated carbocycles. The van der Waals surface area contributed by atoms with Crippen molar-refractivity contribution in [1.29, 1.82) is 0 Å². The molecule has 0 saturated heterocycles. The lowest BCUT2D eigenvalue weighted by Crippen LogP contribution is -2.24. The maximum atomic E-state index is 2.42. The van der Waals surface area contributed by atoms with Crippen LogP contribution in [0.2, 0.25) is 0 Å². The van der Waals surface area contributed by atoms with Crippen LogP contribution in [-0.4, -0.2) is 0 Å². The quantitative estimate of drug-likeness (QED) is 0.404. The zero-order valence-corrected chi connectivity index (χ0v) is 18.2. The molecule has 0 heterocycles. The summed E-state index contributed by atoms with van der Waals surface area (Å²) in [6.07, 6.45) is 18.2. The number of hydrogen-bond acceptors (Lipinski definition) is 0. The summed E-state index contributed by atoms with van der Waals surface area (Å²) in [5.41, 5.74) is 6.35. The van der Waals surface area contributed by atoms with Crippen LogP contribution >= 0.6 is 0 Å². The normalized spacial score (nSPS) is 26.4. The van der Waals surface area contributed by atoms with Crippen molar-refractivity contribution in [1.82, 2.24) is 0 Å². The van der Waals surface area contributed by atoms with Crippen molar-refractivity contribution >= 4 is 5.57 Å². The molecule has 0 N–H and O–H groups in total. The van der Waals surface area contributed by atoms with E-state index in [0.717, 1.165) is 17.8 Å². The van der Waals surface area contributed by atoms with Gasteiger partial charge in [-0.15, -0.1) is 0 Å². The van der Waals surface area contributed by atoms with Crippen molar-refractivity contribution in [2.45, 2.75) is 104 Å². The summed E-state index contributed by atoms with van der Waals surface area (Å²) in [7, 11) is 0. The third-order valence-electron chi connectivity index (χ3n) is 7.48. The van der Waals surface area contributed by atoms with Crippen LogP contribution in [0.5, 0.6) is 0 Å². The van der Waals surface area contributed by atoms with E-state index >= 15 is 0 Å². The monoisotopic (exact) mass is 366 g/mol. The van der Waals surface area contributed by atoms with Crippen molar-refractivity contribution in [2.75, 3.05) is 0 Å². The molecule has 0 aromatic heterocycles. The van der Waals surface area contributed by atoms with Crippen LogP contribution in [-0.2, 0) is 6.42 Å². The average molecular weight is 367 g/mol. The van der Waals surface area contributed by atoms with Crippen molar-refractivity contribution in [3.8, 4) is 0 Å². The SMILES string of the molecule is CCCCCc1ccc(C2=C(C)CC(C3CCC(CCC)CC3)CC2)cc1. The zero-order chi connectivity index (χ0) is 19.1. The van der Waals surface area contributed by atoms with Crippen LogP contribution in [0, 0.1) is 17.8 Å². The van der Waals surface area contributed by atoms with E-state index in [1.807, 2.05) is 0 Å². The van der Waals surface area contributed by atoms with E-state index in [9.17, 15) is 0 Å². The first kappa shape index (κ1) is 20.7. The van der Waals surface area contributed by atoms with E-state index < -0.39 is 0 Å². The molecule has 2 aliphatic rings. The molecule has 0 spiro atoms. The van der Waals surface area contributed by atoms with Crippen molar-refractivity contribution in [3.05, 3.63) is 41.0 Å². The fraction of sp³-hybridized carbons (Fsp3) is 0.704. The maximum Gasteiger partial charge on any atom is -0.0225 e. The number of aryl methyl sites for hydroxylation is 1. The molecule has 1 atom stereocenters. The molecule has 1 fully saturated rings. The Hall–Kier alpha value is -1.04. The van der Waals surface area contributed by atoms with Gasteiger partial charge in [-0.25, -0.2) is 0 Å². The van der Waals surface area contributed by atoms with Gasteiger partial charge in [0.2, 0.25) is 0 Å². The summed E-state index contributed by atoms with van der Waals surface area (Å²) in [5, 5.41) is 0. The Balaban J connectivity index is 1.55. The first-order valence-corrected chi connectivity index (χ1v) is 12.0. The highest BCUT2D eigenvalue weighted by Crippen LogP contribution is 2.44.